The van der Waals surface area contributed by atoms with E-state index in [0.29, 0.717) is 0 Å². The monoisotopic (exact) mass is 283 g/mol. The highest BCUT2D eigenvalue weighted by molar-refractivity contribution is 5.92. The number of nitrogens with zero attached hydrogens (tertiary/aromatic N) is 1. The largest absolute Gasteiger partial charge is 0.493 e. The van der Waals surface area contributed by atoms with Crippen LogP contribution in [0.25, 0.3) is 6.08 Å². The number of benzene rings is 1. The third-order valence-corrected chi connectivity index (χ3v) is 3.52. The molecule has 108 valence electrons. The first-order chi connectivity index (χ1) is 10.2. The molecule has 1 aromatic heterocycles. The molecule has 1 amide bonds. The van der Waals surface area contributed by atoms with Crippen molar-refractivity contribution in [1.29, 1.82) is 0 Å². The first-order valence-corrected chi connectivity index (χ1v) is 6.95. The van der Waals surface area contributed by atoms with Crippen molar-refractivity contribution in [2.24, 2.45) is 0 Å². The predicted molar refractivity (Wildman–Crippen MR) is 79.8 cm³/mol. The van der Waals surface area contributed by atoms with Crippen molar-refractivity contribution < 1.29 is 9.53 Å². The topological polar surface area (TPSA) is 67.0 Å². The molecule has 5 nitrogen and oxygen atoms in total. The van der Waals surface area contributed by atoms with Crippen molar-refractivity contribution in [2.75, 3.05) is 6.61 Å². The van der Waals surface area contributed by atoms with Crippen molar-refractivity contribution in [1.82, 2.24) is 15.5 Å². The van der Waals surface area contributed by atoms with Crippen LogP contribution in [0, 0.1) is 0 Å². The van der Waals surface area contributed by atoms with Gasteiger partial charge in [0, 0.05) is 24.3 Å². The summed E-state index contributed by atoms with van der Waals surface area (Å²) < 4.78 is 5.46. The molecule has 0 saturated carbocycles. The van der Waals surface area contributed by atoms with E-state index < -0.39 is 0 Å². The van der Waals surface area contributed by atoms with E-state index in [1.54, 1.807) is 18.5 Å². The van der Waals surface area contributed by atoms with E-state index in [2.05, 4.69) is 21.6 Å². The van der Waals surface area contributed by atoms with Gasteiger partial charge >= 0.3 is 0 Å². The van der Waals surface area contributed by atoms with E-state index in [1.807, 2.05) is 25.1 Å². The number of carbonyl (C=O) groups excluding carboxylic acids is 1. The van der Waals surface area contributed by atoms with Gasteiger partial charge in [-0.25, -0.2) is 0 Å². The van der Waals surface area contributed by atoms with Crippen molar-refractivity contribution in [3.63, 3.8) is 0 Å². The fourth-order valence-corrected chi connectivity index (χ4v) is 2.32. The van der Waals surface area contributed by atoms with Crippen LogP contribution in [0.15, 0.2) is 36.7 Å². The van der Waals surface area contributed by atoms with E-state index in [1.165, 1.54) is 5.56 Å². The first kappa shape index (κ1) is 13.4. The summed E-state index contributed by atoms with van der Waals surface area (Å²) in [5, 5.41) is 9.50. The van der Waals surface area contributed by atoms with Gasteiger partial charge in [-0.2, -0.15) is 5.10 Å². The molecule has 0 fully saturated rings. The Balaban J connectivity index is 1.62. The molecule has 0 spiro atoms. The fraction of sp³-hybridized carbons (Fsp3) is 0.250. The molecular formula is C16H17N3O2. The van der Waals surface area contributed by atoms with Crippen LogP contribution < -0.4 is 10.1 Å². The van der Waals surface area contributed by atoms with E-state index in [4.69, 9.17) is 4.74 Å². The Hall–Kier alpha value is -2.56. The van der Waals surface area contributed by atoms with Crippen molar-refractivity contribution in [3.8, 4) is 5.75 Å². The Morgan fingerprint density at radius 1 is 1.52 bits per heavy atom. The first-order valence-electron chi connectivity index (χ1n) is 6.95. The molecule has 1 unspecified atom stereocenters. The Labute approximate surface area is 123 Å². The van der Waals surface area contributed by atoms with Gasteiger partial charge in [0.25, 0.3) is 0 Å². The second-order valence-corrected chi connectivity index (χ2v) is 5.06. The van der Waals surface area contributed by atoms with Crippen LogP contribution >= 0.6 is 0 Å². The molecule has 3 rings (SSSR count). The molecule has 1 aliphatic heterocycles. The van der Waals surface area contributed by atoms with Crippen molar-refractivity contribution in [3.05, 3.63) is 53.4 Å². The quantitative estimate of drug-likeness (QED) is 0.846. The van der Waals surface area contributed by atoms with Crippen LogP contribution in [0.2, 0.25) is 0 Å². The zero-order valence-electron chi connectivity index (χ0n) is 11.8. The SMILES string of the molecule is CC(NC(=O)/C=C/c1ccc2c(c1)CCO2)c1cn[nH]c1. The maximum atomic E-state index is 11.9. The van der Waals surface area contributed by atoms with E-state index in [0.717, 1.165) is 29.9 Å². The summed E-state index contributed by atoms with van der Waals surface area (Å²) in [6.07, 6.45) is 7.77. The smallest absolute Gasteiger partial charge is 0.244 e. The van der Waals surface area contributed by atoms with Gasteiger partial charge in [0.2, 0.25) is 5.91 Å². The van der Waals surface area contributed by atoms with Gasteiger partial charge in [0.05, 0.1) is 18.8 Å². The van der Waals surface area contributed by atoms with Crippen molar-refractivity contribution >= 4 is 12.0 Å². The molecule has 0 aliphatic carbocycles. The van der Waals surface area contributed by atoms with Crippen LogP contribution in [0.1, 0.15) is 29.7 Å². The average molecular weight is 283 g/mol. The standard InChI is InChI=1S/C16H17N3O2/c1-11(14-9-17-18-10-14)19-16(20)5-3-12-2-4-15-13(8-12)6-7-21-15/h2-5,8-11H,6-7H2,1H3,(H,17,18)(H,19,20)/b5-3+. The van der Waals surface area contributed by atoms with Crippen molar-refractivity contribution in [2.45, 2.75) is 19.4 Å². The number of ether oxygens (including phenoxy) is 1. The molecule has 2 N–H and O–H groups in total. The van der Waals surface area contributed by atoms with E-state index in [9.17, 15) is 4.79 Å². The lowest BCUT2D eigenvalue weighted by Crippen LogP contribution is -2.24. The van der Waals surface area contributed by atoms with Gasteiger partial charge in [0.15, 0.2) is 0 Å². The number of hydrogen-bond donors (Lipinski definition) is 2. The molecule has 0 saturated heterocycles. The molecule has 2 heterocycles. The summed E-state index contributed by atoms with van der Waals surface area (Å²) in [4.78, 5) is 11.9. The second-order valence-electron chi connectivity index (χ2n) is 5.06. The highest BCUT2D eigenvalue weighted by Crippen LogP contribution is 2.26. The summed E-state index contributed by atoms with van der Waals surface area (Å²) in [7, 11) is 0. The number of rotatable bonds is 4. The summed E-state index contributed by atoms with van der Waals surface area (Å²) >= 11 is 0. The van der Waals surface area contributed by atoms with Crippen LogP contribution in [-0.2, 0) is 11.2 Å². The molecule has 5 heteroatoms. The lowest BCUT2D eigenvalue weighted by atomic mass is 10.1. The molecule has 1 aromatic carbocycles. The summed E-state index contributed by atoms with van der Waals surface area (Å²) in [5.74, 6) is 0.825. The van der Waals surface area contributed by atoms with Crippen LogP contribution in [0.3, 0.4) is 0 Å². The Bertz CT molecular complexity index is 662. The normalized spacial score (nSPS) is 14.7. The van der Waals surface area contributed by atoms with E-state index >= 15 is 0 Å². The number of hydrogen-bond acceptors (Lipinski definition) is 3. The summed E-state index contributed by atoms with van der Waals surface area (Å²) in [5.41, 5.74) is 3.15. The predicted octanol–water partition coefficient (Wildman–Crippen LogP) is 2.24. The molecule has 0 bridgehead atoms. The van der Waals surface area contributed by atoms with E-state index in [-0.39, 0.29) is 11.9 Å². The molecule has 2 aromatic rings. The third-order valence-electron chi connectivity index (χ3n) is 3.52. The van der Waals surface area contributed by atoms with Crippen LogP contribution in [0.5, 0.6) is 5.75 Å². The third kappa shape index (κ3) is 3.13. The number of carbonyl (C=O) groups is 1. The Kier molecular flexibility index (Phi) is 3.73. The van der Waals surface area contributed by atoms with Gasteiger partial charge in [-0.15, -0.1) is 0 Å². The average Bonchev–Trinajstić information content (AvgIpc) is 3.15. The number of aromatic nitrogens is 2. The molecule has 21 heavy (non-hydrogen) atoms. The summed E-state index contributed by atoms with van der Waals surface area (Å²) in [6.45, 7) is 2.66. The number of H-pyrrole nitrogens is 1. The zero-order chi connectivity index (χ0) is 14.7. The minimum atomic E-state index is -0.125. The molecule has 1 aliphatic rings. The summed E-state index contributed by atoms with van der Waals surface area (Å²) in [6, 6.07) is 5.89. The minimum Gasteiger partial charge on any atom is -0.493 e. The maximum Gasteiger partial charge on any atom is 0.244 e. The highest BCUT2D eigenvalue weighted by atomic mass is 16.5. The van der Waals surface area contributed by atoms with Gasteiger partial charge in [-0.05, 0) is 36.3 Å². The van der Waals surface area contributed by atoms with Gasteiger partial charge in [0.1, 0.15) is 5.75 Å². The van der Waals surface area contributed by atoms with Gasteiger partial charge in [-0.1, -0.05) is 6.07 Å². The van der Waals surface area contributed by atoms with Crippen LogP contribution in [0.4, 0.5) is 0 Å². The number of amides is 1. The minimum absolute atomic E-state index is 0.0747. The zero-order valence-corrected chi connectivity index (χ0v) is 11.8. The lowest BCUT2D eigenvalue weighted by molar-refractivity contribution is -0.117. The highest BCUT2D eigenvalue weighted by Gasteiger charge is 2.11. The Morgan fingerprint density at radius 3 is 3.24 bits per heavy atom. The Morgan fingerprint density at radius 2 is 2.43 bits per heavy atom. The second kappa shape index (κ2) is 5.83. The molecular weight excluding hydrogens is 266 g/mol. The van der Waals surface area contributed by atoms with Gasteiger partial charge in [-0.3, -0.25) is 9.89 Å². The maximum absolute atomic E-state index is 11.9. The lowest BCUT2D eigenvalue weighted by Gasteiger charge is -2.09. The number of nitrogens with one attached hydrogen (secondary N) is 2. The van der Waals surface area contributed by atoms with Gasteiger partial charge < -0.3 is 10.1 Å². The number of fused-ring (bicyclic) bond motifs is 1. The fourth-order valence-electron chi connectivity index (χ4n) is 2.32. The molecule has 1 atom stereocenters. The number of aromatic amines is 1. The molecule has 0 radical (unpaired) electrons. The van der Waals surface area contributed by atoms with Crippen LogP contribution in [-0.4, -0.2) is 22.7 Å².